The molecule has 1 aromatic heterocycles. The van der Waals surface area contributed by atoms with Gasteiger partial charge in [0.25, 0.3) is 0 Å². The number of benzene rings is 1. The second-order valence-corrected chi connectivity index (χ2v) is 4.96. The van der Waals surface area contributed by atoms with Crippen molar-refractivity contribution in [3.63, 3.8) is 0 Å². The second kappa shape index (κ2) is 6.37. The predicted molar refractivity (Wildman–Crippen MR) is 79.3 cm³/mol. The summed E-state index contributed by atoms with van der Waals surface area (Å²) >= 11 is 0. The van der Waals surface area contributed by atoms with Gasteiger partial charge in [-0.05, 0) is 25.8 Å². The molecule has 2 aromatic rings. The van der Waals surface area contributed by atoms with Crippen LogP contribution in [0, 0.1) is 6.92 Å². The quantitative estimate of drug-likeness (QED) is 0.908. The van der Waals surface area contributed by atoms with Crippen molar-refractivity contribution in [1.82, 2.24) is 14.9 Å². The van der Waals surface area contributed by atoms with Crippen molar-refractivity contribution in [2.75, 3.05) is 0 Å². The fourth-order valence-corrected chi connectivity index (χ4v) is 2.17. The molecule has 20 heavy (non-hydrogen) atoms. The maximum absolute atomic E-state index is 12.1. The maximum Gasteiger partial charge on any atom is 0.240 e. The molecular weight excluding hydrogens is 250 g/mol. The number of hydrogen-bond donors (Lipinski definition) is 1. The molecule has 0 radical (unpaired) electrons. The van der Waals surface area contributed by atoms with Crippen molar-refractivity contribution in [3.8, 4) is 0 Å². The fourth-order valence-electron chi connectivity index (χ4n) is 2.17. The van der Waals surface area contributed by atoms with Gasteiger partial charge in [-0.2, -0.15) is 0 Å². The van der Waals surface area contributed by atoms with Crippen molar-refractivity contribution in [1.29, 1.82) is 0 Å². The molecule has 4 nitrogen and oxygen atoms in total. The molecule has 1 heterocycles. The van der Waals surface area contributed by atoms with E-state index in [9.17, 15) is 4.79 Å². The summed E-state index contributed by atoms with van der Waals surface area (Å²) in [6, 6.07) is 9.97. The lowest BCUT2D eigenvalue weighted by Crippen LogP contribution is -2.30. The lowest BCUT2D eigenvalue weighted by atomic mass is 10.1. The number of nitrogens with zero attached hydrogens (tertiary/aromatic N) is 2. The third-order valence-corrected chi connectivity index (χ3v) is 3.38. The van der Waals surface area contributed by atoms with E-state index in [1.54, 1.807) is 0 Å². The molecule has 1 amide bonds. The number of rotatable bonds is 5. The lowest BCUT2D eigenvalue weighted by molar-refractivity contribution is -0.122. The van der Waals surface area contributed by atoms with Gasteiger partial charge in [0, 0.05) is 6.20 Å². The van der Waals surface area contributed by atoms with Gasteiger partial charge in [-0.25, -0.2) is 4.98 Å². The Morgan fingerprint density at radius 3 is 2.65 bits per heavy atom. The van der Waals surface area contributed by atoms with Gasteiger partial charge in [-0.15, -0.1) is 0 Å². The van der Waals surface area contributed by atoms with Crippen LogP contribution in [0.25, 0.3) is 0 Å². The first-order chi connectivity index (χ1) is 9.60. The van der Waals surface area contributed by atoms with Crippen molar-refractivity contribution in [2.24, 2.45) is 0 Å². The molecule has 0 aliphatic carbocycles. The number of carbonyl (C=O) groups excluding carboxylic acids is 1. The van der Waals surface area contributed by atoms with Crippen molar-refractivity contribution < 1.29 is 4.79 Å². The Kier molecular flexibility index (Phi) is 4.56. The first-order valence-corrected chi connectivity index (χ1v) is 6.97. The molecule has 1 aromatic carbocycles. The highest BCUT2D eigenvalue weighted by atomic mass is 16.2. The smallest absolute Gasteiger partial charge is 0.240 e. The number of hydrogen-bond acceptors (Lipinski definition) is 2. The summed E-state index contributed by atoms with van der Waals surface area (Å²) in [4.78, 5) is 16.5. The fraction of sp³-hybridized carbons (Fsp3) is 0.375. The molecule has 0 saturated carbocycles. The number of aryl methyl sites for hydroxylation is 2. The molecule has 0 aliphatic rings. The molecule has 0 fully saturated rings. The number of imidazole rings is 1. The van der Waals surface area contributed by atoms with Crippen LogP contribution in [0.4, 0.5) is 0 Å². The molecule has 4 heteroatoms. The molecule has 1 atom stereocenters. The first-order valence-electron chi connectivity index (χ1n) is 6.97. The van der Waals surface area contributed by atoms with Crippen LogP contribution in [0.5, 0.6) is 0 Å². The highest BCUT2D eigenvalue weighted by Crippen LogP contribution is 2.11. The zero-order chi connectivity index (χ0) is 14.5. The van der Waals surface area contributed by atoms with Gasteiger partial charge >= 0.3 is 0 Å². The number of amides is 1. The van der Waals surface area contributed by atoms with E-state index in [1.165, 1.54) is 0 Å². The third kappa shape index (κ3) is 3.47. The largest absolute Gasteiger partial charge is 0.348 e. The summed E-state index contributed by atoms with van der Waals surface area (Å²) in [5.74, 6) is 0.883. The highest BCUT2D eigenvalue weighted by Gasteiger charge is 2.11. The standard InChI is InChI=1S/C16H21N3O/c1-4-15-10-19(13(3)18-15)11-16(20)17-12(2)14-8-6-5-7-9-14/h5-10,12H,4,11H2,1-3H3,(H,17,20)/t12-/m0/s1. The minimum atomic E-state index is 0.00417. The van der Waals surface area contributed by atoms with Gasteiger partial charge in [-0.1, -0.05) is 37.3 Å². The molecule has 0 aliphatic heterocycles. The Morgan fingerprint density at radius 2 is 2.05 bits per heavy atom. The Hall–Kier alpha value is -2.10. The Labute approximate surface area is 119 Å². The van der Waals surface area contributed by atoms with Crippen LogP contribution in [0.3, 0.4) is 0 Å². The zero-order valence-electron chi connectivity index (χ0n) is 12.3. The Balaban J connectivity index is 1.97. The summed E-state index contributed by atoms with van der Waals surface area (Å²) < 4.78 is 1.89. The van der Waals surface area contributed by atoms with Crippen LogP contribution < -0.4 is 5.32 Å². The summed E-state index contributed by atoms with van der Waals surface area (Å²) in [6.07, 6.45) is 2.83. The van der Waals surface area contributed by atoms with E-state index < -0.39 is 0 Å². The predicted octanol–water partition coefficient (Wildman–Crippen LogP) is 2.63. The number of nitrogens with one attached hydrogen (secondary N) is 1. The van der Waals surface area contributed by atoms with Gasteiger partial charge in [0.15, 0.2) is 0 Å². The van der Waals surface area contributed by atoms with Crippen LogP contribution in [-0.4, -0.2) is 15.5 Å². The minimum absolute atomic E-state index is 0.00417. The molecule has 0 bridgehead atoms. The molecule has 2 rings (SSSR count). The summed E-state index contributed by atoms with van der Waals surface area (Å²) in [5.41, 5.74) is 2.13. The van der Waals surface area contributed by atoms with Gasteiger partial charge in [0.2, 0.25) is 5.91 Å². The van der Waals surface area contributed by atoms with Crippen LogP contribution in [0.15, 0.2) is 36.5 Å². The number of aromatic nitrogens is 2. The van der Waals surface area contributed by atoms with E-state index in [0.717, 1.165) is 23.5 Å². The topological polar surface area (TPSA) is 46.9 Å². The highest BCUT2D eigenvalue weighted by molar-refractivity contribution is 5.76. The van der Waals surface area contributed by atoms with E-state index in [4.69, 9.17) is 0 Å². The van der Waals surface area contributed by atoms with Gasteiger partial charge in [0.05, 0.1) is 11.7 Å². The van der Waals surface area contributed by atoms with E-state index in [0.29, 0.717) is 6.54 Å². The first kappa shape index (κ1) is 14.3. The minimum Gasteiger partial charge on any atom is -0.348 e. The molecule has 0 saturated heterocycles. The van der Waals surface area contributed by atoms with Gasteiger partial charge in [0.1, 0.15) is 12.4 Å². The van der Waals surface area contributed by atoms with Crippen molar-refractivity contribution in [2.45, 2.75) is 39.8 Å². The van der Waals surface area contributed by atoms with E-state index in [1.807, 2.05) is 54.9 Å². The zero-order valence-corrected chi connectivity index (χ0v) is 12.3. The van der Waals surface area contributed by atoms with Crippen LogP contribution in [0.1, 0.15) is 37.0 Å². The Morgan fingerprint density at radius 1 is 1.35 bits per heavy atom. The average molecular weight is 271 g/mol. The summed E-state index contributed by atoms with van der Waals surface area (Å²) in [6.45, 7) is 6.29. The number of carbonyl (C=O) groups is 1. The van der Waals surface area contributed by atoms with Crippen molar-refractivity contribution >= 4 is 5.91 Å². The Bertz CT molecular complexity index is 575. The average Bonchev–Trinajstić information content (AvgIpc) is 2.80. The van der Waals surface area contributed by atoms with E-state index in [2.05, 4.69) is 17.2 Å². The summed E-state index contributed by atoms with van der Waals surface area (Å²) in [7, 11) is 0. The SMILES string of the molecule is CCc1cn(CC(=O)N[C@@H](C)c2ccccc2)c(C)n1. The van der Waals surface area contributed by atoms with Crippen LogP contribution in [-0.2, 0) is 17.8 Å². The normalized spacial score (nSPS) is 12.2. The van der Waals surface area contributed by atoms with Crippen LogP contribution >= 0.6 is 0 Å². The maximum atomic E-state index is 12.1. The lowest BCUT2D eigenvalue weighted by Gasteiger charge is -2.14. The second-order valence-electron chi connectivity index (χ2n) is 4.96. The van der Waals surface area contributed by atoms with Crippen LogP contribution in [0.2, 0.25) is 0 Å². The molecule has 1 N–H and O–H groups in total. The van der Waals surface area contributed by atoms with Gasteiger partial charge in [-0.3, -0.25) is 4.79 Å². The van der Waals surface area contributed by atoms with E-state index >= 15 is 0 Å². The third-order valence-electron chi connectivity index (χ3n) is 3.38. The summed E-state index contributed by atoms with van der Waals surface area (Å²) in [5, 5.41) is 3.01. The van der Waals surface area contributed by atoms with Gasteiger partial charge < -0.3 is 9.88 Å². The van der Waals surface area contributed by atoms with Crippen molar-refractivity contribution in [3.05, 3.63) is 53.6 Å². The molecule has 0 unspecified atom stereocenters. The monoisotopic (exact) mass is 271 g/mol. The molecule has 106 valence electrons. The van der Waals surface area contributed by atoms with E-state index in [-0.39, 0.29) is 11.9 Å². The molecule has 0 spiro atoms. The molecular formula is C16H21N3O.